The van der Waals surface area contributed by atoms with E-state index in [0.717, 1.165) is 28.1 Å². The summed E-state index contributed by atoms with van der Waals surface area (Å²) in [4.78, 5) is 0. The molecule has 0 bridgehead atoms. The average Bonchev–Trinajstić information content (AvgIpc) is 2.68. The molecule has 1 N–H and O–H groups in total. The highest BCUT2D eigenvalue weighted by atomic mass is 79.9. The van der Waals surface area contributed by atoms with E-state index < -0.39 is 0 Å². The van der Waals surface area contributed by atoms with Gasteiger partial charge in [-0.25, -0.2) is 0 Å². The Hall–Kier alpha value is -1.52. The van der Waals surface area contributed by atoms with Crippen molar-refractivity contribution < 1.29 is 9.47 Å². The zero-order valence-electron chi connectivity index (χ0n) is 16.4. The third-order valence-corrected chi connectivity index (χ3v) is 5.81. The molecule has 146 valence electrons. The Morgan fingerprint density at radius 1 is 1.04 bits per heavy atom. The molecule has 1 aliphatic carbocycles. The van der Waals surface area contributed by atoms with E-state index in [-0.39, 0.29) is 0 Å². The molecule has 1 aliphatic rings. The van der Waals surface area contributed by atoms with Gasteiger partial charge in [-0.2, -0.15) is 0 Å². The highest BCUT2D eigenvalue weighted by Gasteiger charge is 2.15. The van der Waals surface area contributed by atoms with Gasteiger partial charge in [0.1, 0.15) is 6.61 Å². The average molecular weight is 432 g/mol. The maximum absolute atomic E-state index is 6.09. The highest BCUT2D eigenvalue weighted by molar-refractivity contribution is 9.10. The Morgan fingerprint density at radius 3 is 2.56 bits per heavy atom. The third kappa shape index (κ3) is 5.98. The van der Waals surface area contributed by atoms with E-state index in [2.05, 4.69) is 58.5 Å². The number of nitrogens with one attached hydrogen (secondary N) is 1. The molecule has 0 aliphatic heterocycles. The second kappa shape index (κ2) is 10.1. The summed E-state index contributed by atoms with van der Waals surface area (Å²) in [6.45, 7) is 6.11. The summed E-state index contributed by atoms with van der Waals surface area (Å²) in [6, 6.07) is 13.2. The lowest BCUT2D eigenvalue weighted by atomic mass is 9.95. The molecule has 2 aromatic carbocycles. The monoisotopic (exact) mass is 431 g/mol. The fraction of sp³-hybridized carbons (Fsp3) is 0.478. The Labute approximate surface area is 171 Å². The molecule has 0 heterocycles. The van der Waals surface area contributed by atoms with Crippen molar-refractivity contribution in [2.45, 2.75) is 65.1 Å². The Morgan fingerprint density at radius 2 is 1.81 bits per heavy atom. The molecule has 0 amide bonds. The number of ether oxygens (including phenoxy) is 2. The van der Waals surface area contributed by atoms with Crippen molar-refractivity contribution >= 4 is 15.9 Å². The molecule has 3 nitrogen and oxygen atoms in total. The molecular formula is C23H30BrNO2. The minimum atomic E-state index is 0.536. The van der Waals surface area contributed by atoms with Crippen molar-refractivity contribution in [2.75, 3.05) is 6.61 Å². The van der Waals surface area contributed by atoms with E-state index >= 15 is 0 Å². The van der Waals surface area contributed by atoms with Gasteiger partial charge >= 0.3 is 0 Å². The summed E-state index contributed by atoms with van der Waals surface area (Å²) < 4.78 is 13.0. The summed E-state index contributed by atoms with van der Waals surface area (Å²) in [5.41, 5.74) is 3.62. The number of rotatable bonds is 8. The Bertz CT molecular complexity index is 741. The zero-order valence-corrected chi connectivity index (χ0v) is 18.0. The molecular weight excluding hydrogens is 402 g/mol. The molecule has 0 spiro atoms. The van der Waals surface area contributed by atoms with Gasteiger partial charge in [0.25, 0.3) is 0 Å². The normalized spacial score (nSPS) is 14.9. The molecule has 3 rings (SSSR count). The SMILES string of the molecule is CCOc1cc(CNC2CCCCC2)c(Br)cc1OCc1cccc(C)c1. The first kappa shape index (κ1) is 20.2. The quantitative estimate of drug-likeness (QED) is 0.542. The van der Waals surface area contributed by atoms with Gasteiger partial charge in [0, 0.05) is 17.1 Å². The third-order valence-electron chi connectivity index (χ3n) is 5.08. The van der Waals surface area contributed by atoms with Crippen LogP contribution in [0.5, 0.6) is 11.5 Å². The van der Waals surface area contributed by atoms with Gasteiger partial charge in [-0.15, -0.1) is 0 Å². The molecule has 0 aromatic heterocycles. The molecule has 0 radical (unpaired) electrons. The van der Waals surface area contributed by atoms with E-state index in [4.69, 9.17) is 9.47 Å². The fourth-order valence-electron chi connectivity index (χ4n) is 3.62. The van der Waals surface area contributed by atoms with Crippen LogP contribution in [-0.2, 0) is 13.2 Å². The maximum Gasteiger partial charge on any atom is 0.162 e. The van der Waals surface area contributed by atoms with Crippen molar-refractivity contribution in [3.8, 4) is 11.5 Å². The maximum atomic E-state index is 6.09. The van der Waals surface area contributed by atoms with Gasteiger partial charge in [-0.05, 0) is 49.9 Å². The lowest BCUT2D eigenvalue weighted by molar-refractivity contribution is 0.268. The van der Waals surface area contributed by atoms with Crippen LogP contribution in [0.25, 0.3) is 0 Å². The smallest absolute Gasteiger partial charge is 0.162 e. The summed E-state index contributed by atoms with van der Waals surface area (Å²) in [5.74, 6) is 1.60. The van der Waals surface area contributed by atoms with E-state index in [9.17, 15) is 0 Å². The molecule has 4 heteroatoms. The Balaban J connectivity index is 1.68. The number of aryl methyl sites for hydroxylation is 1. The summed E-state index contributed by atoms with van der Waals surface area (Å²) >= 11 is 3.72. The van der Waals surface area contributed by atoms with Crippen molar-refractivity contribution in [1.29, 1.82) is 0 Å². The van der Waals surface area contributed by atoms with E-state index in [1.807, 2.05) is 13.0 Å². The second-order valence-electron chi connectivity index (χ2n) is 7.32. The molecule has 0 saturated heterocycles. The minimum Gasteiger partial charge on any atom is -0.490 e. The van der Waals surface area contributed by atoms with Gasteiger partial charge in [-0.3, -0.25) is 0 Å². The van der Waals surface area contributed by atoms with Crippen LogP contribution in [0.1, 0.15) is 55.7 Å². The fourth-order valence-corrected chi connectivity index (χ4v) is 4.08. The van der Waals surface area contributed by atoms with Crippen LogP contribution in [0, 0.1) is 6.92 Å². The van der Waals surface area contributed by atoms with Crippen molar-refractivity contribution in [1.82, 2.24) is 5.32 Å². The Kier molecular flexibility index (Phi) is 7.59. The van der Waals surface area contributed by atoms with E-state index in [0.29, 0.717) is 19.3 Å². The first-order chi connectivity index (χ1) is 13.2. The molecule has 2 aromatic rings. The van der Waals surface area contributed by atoms with Gasteiger partial charge in [0.05, 0.1) is 6.61 Å². The predicted molar refractivity (Wildman–Crippen MR) is 115 cm³/mol. The van der Waals surface area contributed by atoms with Gasteiger partial charge in [-0.1, -0.05) is 65.0 Å². The lowest BCUT2D eigenvalue weighted by Crippen LogP contribution is -2.30. The van der Waals surface area contributed by atoms with Crippen LogP contribution in [0.3, 0.4) is 0 Å². The first-order valence-electron chi connectivity index (χ1n) is 10.0. The summed E-state index contributed by atoms with van der Waals surface area (Å²) in [7, 11) is 0. The van der Waals surface area contributed by atoms with Gasteiger partial charge in [0.2, 0.25) is 0 Å². The van der Waals surface area contributed by atoms with E-state index in [1.54, 1.807) is 0 Å². The lowest BCUT2D eigenvalue weighted by Gasteiger charge is -2.23. The van der Waals surface area contributed by atoms with Crippen molar-refractivity contribution in [3.05, 3.63) is 57.6 Å². The van der Waals surface area contributed by atoms with Crippen LogP contribution in [0.15, 0.2) is 40.9 Å². The molecule has 27 heavy (non-hydrogen) atoms. The minimum absolute atomic E-state index is 0.536. The van der Waals surface area contributed by atoms with E-state index in [1.165, 1.54) is 43.2 Å². The van der Waals surface area contributed by atoms with Crippen LogP contribution >= 0.6 is 15.9 Å². The van der Waals surface area contributed by atoms with Crippen molar-refractivity contribution in [2.24, 2.45) is 0 Å². The van der Waals surface area contributed by atoms with Gasteiger partial charge in [0.15, 0.2) is 11.5 Å². The standard InChI is InChI=1S/C23H30BrNO2/c1-3-26-22-13-19(15-25-20-10-5-4-6-11-20)21(24)14-23(22)27-16-18-9-7-8-17(2)12-18/h7-9,12-14,20,25H,3-6,10-11,15-16H2,1-2H3. The van der Waals surface area contributed by atoms with Crippen LogP contribution in [0.2, 0.25) is 0 Å². The largest absolute Gasteiger partial charge is 0.490 e. The highest BCUT2D eigenvalue weighted by Crippen LogP contribution is 2.34. The number of benzene rings is 2. The topological polar surface area (TPSA) is 30.5 Å². The number of hydrogen-bond acceptors (Lipinski definition) is 3. The molecule has 1 saturated carbocycles. The summed E-state index contributed by atoms with van der Waals surface area (Å²) in [5, 5.41) is 3.71. The van der Waals surface area contributed by atoms with Gasteiger partial charge < -0.3 is 14.8 Å². The second-order valence-corrected chi connectivity index (χ2v) is 8.17. The molecule has 0 unspecified atom stereocenters. The molecule has 1 fully saturated rings. The summed E-state index contributed by atoms with van der Waals surface area (Å²) in [6.07, 6.45) is 6.63. The predicted octanol–water partition coefficient (Wildman–Crippen LogP) is 6.16. The van der Waals surface area contributed by atoms with Crippen LogP contribution in [-0.4, -0.2) is 12.6 Å². The zero-order chi connectivity index (χ0) is 19.1. The molecule has 0 atom stereocenters. The first-order valence-corrected chi connectivity index (χ1v) is 10.8. The van der Waals surface area contributed by atoms with Crippen LogP contribution in [0.4, 0.5) is 0 Å². The van der Waals surface area contributed by atoms with Crippen molar-refractivity contribution in [3.63, 3.8) is 0 Å². The van der Waals surface area contributed by atoms with Crippen LogP contribution < -0.4 is 14.8 Å². The number of halogens is 1. The number of hydrogen-bond donors (Lipinski definition) is 1.